The molecule has 0 aromatic heterocycles. The Kier molecular flexibility index (Phi) is 5.66. The van der Waals surface area contributed by atoms with Crippen molar-refractivity contribution in [1.82, 2.24) is 9.62 Å². The summed E-state index contributed by atoms with van der Waals surface area (Å²) in [6.45, 7) is 4.99. The standard InChI is InChI=1S/C10H20N2O3S.ClH/c1-9-7-12(5-4-11-9)16(13,14)10-3-2-6-15-8-10;/h9-11H,2-8H2,1H3;1H. The van der Waals surface area contributed by atoms with Gasteiger partial charge in [0.2, 0.25) is 10.0 Å². The maximum Gasteiger partial charge on any atom is 0.219 e. The Labute approximate surface area is 109 Å². The second-order valence-corrected chi connectivity index (χ2v) is 6.81. The van der Waals surface area contributed by atoms with Crippen LogP contribution in [0.2, 0.25) is 0 Å². The van der Waals surface area contributed by atoms with E-state index in [9.17, 15) is 8.42 Å². The Morgan fingerprint density at radius 3 is 2.76 bits per heavy atom. The zero-order valence-electron chi connectivity index (χ0n) is 10.1. The van der Waals surface area contributed by atoms with Crippen molar-refractivity contribution in [3.63, 3.8) is 0 Å². The SMILES string of the molecule is CC1CN(S(=O)(=O)C2CCCOC2)CCN1.Cl. The van der Waals surface area contributed by atoms with Gasteiger partial charge in [0.1, 0.15) is 0 Å². The summed E-state index contributed by atoms with van der Waals surface area (Å²) in [5, 5.41) is 2.92. The van der Waals surface area contributed by atoms with Crippen molar-refractivity contribution in [1.29, 1.82) is 0 Å². The van der Waals surface area contributed by atoms with Crippen molar-refractivity contribution < 1.29 is 13.2 Å². The lowest BCUT2D eigenvalue weighted by Crippen LogP contribution is -2.54. The lowest BCUT2D eigenvalue weighted by Gasteiger charge is -2.34. The first kappa shape index (κ1) is 15.2. The highest BCUT2D eigenvalue weighted by molar-refractivity contribution is 7.89. The maximum atomic E-state index is 12.3. The van der Waals surface area contributed by atoms with Gasteiger partial charge in [-0.1, -0.05) is 0 Å². The molecule has 0 radical (unpaired) electrons. The number of piperazine rings is 1. The Hall–Kier alpha value is 0.120. The van der Waals surface area contributed by atoms with Crippen LogP contribution in [-0.4, -0.2) is 56.9 Å². The monoisotopic (exact) mass is 284 g/mol. The van der Waals surface area contributed by atoms with Crippen molar-refractivity contribution >= 4 is 22.4 Å². The molecule has 2 aliphatic heterocycles. The third-order valence-electron chi connectivity index (χ3n) is 3.23. The first-order valence-corrected chi connectivity index (χ1v) is 7.41. The summed E-state index contributed by atoms with van der Waals surface area (Å²) >= 11 is 0. The molecule has 2 saturated heterocycles. The summed E-state index contributed by atoms with van der Waals surface area (Å²) in [5.41, 5.74) is 0. The summed E-state index contributed by atoms with van der Waals surface area (Å²) in [6, 6.07) is 0.244. The van der Waals surface area contributed by atoms with E-state index < -0.39 is 10.0 Å². The largest absolute Gasteiger partial charge is 0.380 e. The Morgan fingerprint density at radius 1 is 1.41 bits per heavy atom. The first-order chi connectivity index (χ1) is 7.60. The van der Waals surface area contributed by atoms with E-state index in [1.165, 1.54) is 0 Å². The minimum absolute atomic E-state index is 0. The molecular weight excluding hydrogens is 264 g/mol. The number of hydrogen-bond acceptors (Lipinski definition) is 4. The zero-order chi connectivity index (χ0) is 11.6. The minimum Gasteiger partial charge on any atom is -0.380 e. The molecule has 102 valence electrons. The molecule has 5 nitrogen and oxygen atoms in total. The van der Waals surface area contributed by atoms with E-state index in [0.717, 1.165) is 19.4 Å². The highest BCUT2D eigenvalue weighted by Gasteiger charge is 2.35. The molecule has 0 spiro atoms. The number of hydrogen-bond donors (Lipinski definition) is 1. The van der Waals surface area contributed by atoms with E-state index >= 15 is 0 Å². The molecule has 0 aliphatic carbocycles. The average Bonchev–Trinajstić information content (AvgIpc) is 2.30. The number of sulfonamides is 1. The van der Waals surface area contributed by atoms with E-state index in [-0.39, 0.29) is 23.7 Å². The molecule has 2 aliphatic rings. The van der Waals surface area contributed by atoms with E-state index in [0.29, 0.717) is 26.3 Å². The average molecular weight is 285 g/mol. The molecule has 0 bridgehead atoms. The number of rotatable bonds is 2. The second kappa shape index (κ2) is 6.33. The molecule has 2 heterocycles. The van der Waals surface area contributed by atoms with Crippen LogP contribution < -0.4 is 5.32 Å². The molecule has 17 heavy (non-hydrogen) atoms. The quantitative estimate of drug-likeness (QED) is 0.788. The normalized spacial score (nSPS) is 31.8. The zero-order valence-corrected chi connectivity index (χ0v) is 11.7. The molecule has 2 unspecified atom stereocenters. The fourth-order valence-electron chi connectivity index (χ4n) is 2.28. The molecule has 0 aromatic carbocycles. The molecule has 0 saturated carbocycles. The van der Waals surface area contributed by atoms with Gasteiger partial charge in [0.15, 0.2) is 0 Å². The predicted octanol–water partition coefficient (Wildman–Crippen LogP) is 0.211. The van der Waals surface area contributed by atoms with Crippen LogP contribution in [0.4, 0.5) is 0 Å². The fraction of sp³-hybridized carbons (Fsp3) is 1.00. The second-order valence-electron chi connectivity index (χ2n) is 4.60. The lowest BCUT2D eigenvalue weighted by molar-refractivity contribution is 0.0970. The molecule has 7 heteroatoms. The summed E-state index contributed by atoms with van der Waals surface area (Å²) in [7, 11) is -3.15. The number of nitrogens with zero attached hydrogens (tertiary/aromatic N) is 1. The van der Waals surface area contributed by atoms with Crippen molar-refractivity contribution in [2.24, 2.45) is 0 Å². The number of nitrogens with one attached hydrogen (secondary N) is 1. The van der Waals surface area contributed by atoms with E-state index in [1.54, 1.807) is 4.31 Å². The highest BCUT2D eigenvalue weighted by Crippen LogP contribution is 2.19. The van der Waals surface area contributed by atoms with Crippen LogP contribution >= 0.6 is 12.4 Å². The van der Waals surface area contributed by atoms with Crippen LogP contribution in [0.5, 0.6) is 0 Å². The first-order valence-electron chi connectivity index (χ1n) is 5.91. The van der Waals surface area contributed by atoms with Gasteiger partial charge < -0.3 is 10.1 Å². The Morgan fingerprint density at radius 2 is 2.18 bits per heavy atom. The third-order valence-corrected chi connectivity index (χ3v) is 5.50. The number of halogens is 1. The van der Waals surface area contributed by atoms with Gasteiger partial charge in [-0.25, -0.2) is 8.42 Å². The molecule has 2 atom stereocenters. The summed E-state index contributed by atoms with van der Waals surface area (Å²) in [6.07, 6.45) is 1.59. The van der Waals surface area contributed by atoms with Crippen LogP contribution in [0.25, 0.3) is 0 Å². The molecule has 2 rings (SSSR count). The van der Waals surface area contributed by atoms with Gasteiger partial charge in [0.05, 0.1) is 11.9 Å². The van der Waals surface area contributed by atoms with Crippen LogP contribution in [0.3, 0.4) is 0 Å². The summed E-state index contributed by atoms with van der Waals surface area (Å²) in [5.74, 6) is 0. The molecular formula is C10H21ClN2O3S. The van der Waals surface area contributed by atoms with Crippen LogP contribution in [0.1, 0.15) is 19.8 Å². The maximum absolute atomic E-state index is 12.3. The lowest BCUT2D eigenvalue weighted by atomic mass is 10.2. The fourth-order valence-corrected chi connectivity index (χ4v) is 4.22. The van der Waals surface area contributed by atoms with Gasteiger partial charge in [0.25, 0.3) is 0 Å². The van der Waals surface area contributed by atoms with Gasteiger partial charge in [-0.05, 0) is 19.8 Å². The van der Waals surface area contributed by atoms with Gasteiger partial charge >= 0.3 is 0 Å². The predicted molar refractivity (Wildman–Crippen MR) is 69.0 cm³/mol. The minimum atomic E-state index is -3.15. The van der Waals surface area contributed by atoms with E-state index in [2.05, 4.69) is 5.32 Å². The Balaban J connectivity index is 0.00000144. The van der Waals surface area contributed by atoms with Crippen LogP contribution in [0, 0.1) is 0 Å². The van der Waals surface area contributed by atoms with Gasteiger partial charge in [-0.15, -0.1) is 12.4 Å². The van der Waals surface area contributed by atoms with Gasteiger partial charge in [-0.2, -0.15) is 4.31 Å². The molecule has 2 fully saturated rings. The van der Waals surface area contributed by atoms with Crippen LogP contribution in [0.15, 0.2) is 0 Å². The smallest absolute Gasteiger partial charge is 0.219 e. The van der Waals surface area contributed by atoms with Gasteiger partial charge in [-0.3, -0.25) is 0 Å². The van der Waals surface area contributed by atoms with Gasteiger partial charge in [0, 0.05) is 32.3 Å². The summed E-state index contributed by atoms with van der Waals surface area (Å²) in [4.78, 5) is 0. The third kappa shape index (κ3) is 3.54. The van der Waals surface area contributed by atoms with E-state index in [1.807, 2.05) is 6.92 Å². The Bertz CT molecular complexity index is 330. The van der Waals surface area contributed by atoms with Crippen molar-refractivity contribution in [3.05, 3.63) is 0 Å². The molecule has 0 aromatic rings. The van der Waals surface area contributed by atoms with Crippen molar-refractivity contribution in [3.8, 4) is 0 Å². The van der Waals surface area contributed by atoms with Crippen LogP contribution in [-0.2, 0) is 14.8 Å². The topological polar surface area (TPSA) is 58.6 Å². The molecule has 0 amide bonds. The summed E-state index contributed by atoms with van der Waals surface area (Å²) < 4.78 is 31.5. The highest BCUT2D eigenvalue weighted by atomic mass is 35.5. The molecule has 1 N–H and O–H groups in total. The van der Waals surface area contributed by atoms with E-state index in [4.69, 9.17) is 4.74 Å². The van der Waals surface area contributed by atoms with Crippen molar-refractivity contribution in [2.75, 3.05) is 32.8 Å². The van der Waals surface area contributed by atoms with Crippen molar-refractivity contribution in [2.45, 2.75) is 31.1 Å². The number of ether oxygens (including phenoxy) is 1.